The number of rotatable bonds is 1. The van der Waals surface area contributed by atoms with E-state index >= 15 is 0 Å². The molecule has 0 aromatic rings. The van der Waals surface area contributed by atoms with Gasteiger partial charge in [-0.25, -0.2) is 4.39 Å². The van der Waals surface area contributed by atoms with Gasteiger partial charge in [-0.3, -0.25) is 0 Å². The topological polar surface area (TPSA) is 0 Å². The van der Waals surface area contributed by atoms with Crippen molar-refractivity contribution in [2.45, 2.75) is 12.8 Å². The van der Waals surface area contributed by atoms with Gasteiger partial charge in [-0.05, 0) is 19.1 Å². The van der Waals surface area contributed by atoms with Crippen molar-refractivity contribution in [3.05, 3.63) is 21.3 Å². The highest BCUT2D eigenvalue weighted by atomic mass is 79.9. The van der Waals surface area contributed by atoms with E-state index in [0.29, 0.717) is 4.48 Å². The van der Waals surface area contributed by atoms with Crippen LogP contribution < -0.4 is 0 Å². The summed E-state index contributed by atoms with van der Waals surface area (Å²) in [6.07, 6.45) is 5.57. The van der Waals surface area contributed by atoms with Gasteiger partial charge in [-0.1, -0.05) is 22.0 Å². The molecule has 0 bridgehead atoms. The smallest absolute Gasteiger partial charge is 0.146 e. The maximum absolute atomic E-state index is 13.0. The van der Waals surface area contributed by atoms with Crippen molar-refractivity contribution in [2.24, 2.45) is 0 Å². The minimum Gasteiger partial charge on any atom is -0.205 e. The lowest BCUT2D eigenvalue weighted by Crippen LogP contribution is -1.89. The molecule has 0 saturated carbocycles. The minimum atomic E-state index is -0.0845. The third-order valence-corrected chi connectivity index (χ3v) is 2.90. The van der Waals surface area contributed by atoms with E-state index in [0.717, 1.165) is 17.7 Å². The molecule has 10 heavy (non-hydrogen) atoms. The summed E-state index contributed by atoms with van der Waals surface area (Å²) in [6, 6.07) is 0. The van der Waals surface area contributed by atoms with Crippen LogP contribution in [0.3, 0.4) is 0 Å². The van der Waals surface area contributed by atoms with E-state index in [1.54, 1.807) is 0 Å². The summed E-state index contributed by atoms with van der Waals surface area (Å²) in [5.41, 5.74) is 0. The van der Waals surface area contributed by atoms with Crippen LogP contribution in [0.2, 0.25) is 0 Å². The van der Waals surface area contributed by atoms with Crippen LogP contribution in [-0.2, 0) is 0 Å². The van der Waals surface area contributed by atoms with Crippen molar-refractivity contribution in [3.8, 4) is 0 Å². The summed E-state index contributed by atoms with van der Waals surface area (Å²) in [7, 11) is 0. The molecule has 0 spiro atoms. The zero-order valence-corrected chi connectivity index (χ0v) is 8.06. The Balaban J connectivity index is 2.83. The molecule has 3 heteroatoms. The Morgan fingerprint density at radius 3 is 2.90 bits per heavy atom. The fourth-order valence-electron chi connectivity index (χ4n) is 0.836. The average molecular weight is 223 g/mol. The lowest BCUT2D eigenvalue weighted by molar-refractivity contribution is 0.645. The Bertz CT molecular complexity index is 196. The van der Waals surface area contributed by atoms with Crippen molar-refractivity contribution < 1.29 is 4.39 Å². The fourth-order valence-corrected chi connectivity index (χ4v) is 2.00. The summed E-state index contributed by atoms with van der Waals surface area (Å²) in [6.45, 7) is 0. The van der Waals surface area contributed by atoms with E-state index in [9.17, 15) is 4.39 Å². The van der Waals surface area contributed by atoms with Gasteiger partial charge in [0.1, 0.15) is 5.83 Å². The first-order valence-corrected chi connectivity index (χ1v) is 5.06. The minimum absolute atomic E-state index is 0.0845. The maximum atomic E-state index is 13.0. The number of allylic oxidation sites excluding steroid dienone is 3. The molecule has 0 nitrogen and oxygen atoms in total. The molecule has 0 aromatic heterocycles. The molecule has 56 valence electrons. The predicted molar refractivity (Wildman–Crippen MR) is 47.9 cm³/mol. The molecule has 0 unspecified atom stereocenters. The molecular formula is C7H8BrFS. The van der Waals surface area contributed by atoms with Crippen LogP contribution in [0.1, 0.15) is 12.8 Å². The lowest BCUT2D eigenvalue weighted by atomic mass is 10.2. The Hall–Kier alpha value is 0.240. The molecule has 0 saturated heterocycles. The van der Waals surface area contributed by atoms with Gasteiger partial charge in [0, 0.05) is 9.39 Å². The molecule has 0 heterocycles. The van der Waals surface area contributed by atoms with E-state index in [1.807, 2.05) is 12.3 Å². The first-order valence-electron chi connectivity index (χ1n) is 3.04. The van der Waals surface area contributed by atoms with Crippen molar-refractivity contribution in [3.63, 3.8) is 0 Å². The van der Waals surface area contributed by atoms with Crippen molar-refractivity contribution in [1.29, 1.82) is 0 Å². The first kappa shape index (κ1) is 8.34. The van der Waals surface area contributed by atoms with Crippen LogP contribution in [0.4, 0.5) is 4.39 Å². The quantitative estimate of drug-likeness (QED) is 0.654. The van der Waals surface area contributed by atoms with E-state index < -0.39 is 0 Å². The highest BCUT2D eigenvalue weighted by molar-refractivity contribution is 9.11. The van der Waals surface area contributed by atoms with Gasteiger partial charge in [-0.2, -0.15) is 0 Å². The molecule has 0 N–H and O–H groups in total. The average Bonchev–Trinajstić information content (AvgIpc) is 1.95. The summed E-state index contributed by atoms with van der Waals surface area (Å²) in [5, 5.41) is 0. The van der Waals surface area contributed by atoms with Gasteiger partial charge in [-0.15, -0.1) is 11.8 Å². The van der Waals surface area contributed by atoms with Crippen molar-refractivity contribution >= 4 is 27.7 Å². The van der Waals surface area contributed by atoms with Gasteiger partial charge >= 0.3 is 0 Å². The number of hydrogen-bond acceptors (Lipinski definition) is 1. The van der Waals surface area contributed by atoms with E-state index in [-0.39, 0.29) is 5.83 Å². The molecule has 0 amide bonds. The SMILES string of the molecule is CSC1=CCCC(Br)=C1F. The number of halogens is 2. The Morgan fingerprint density at radius 2 is 2.40 bits per heavy atom. The Labute approximate surface area is 72.7 Å². The van der Waals surface area contributed by atoms with Crippen LogP contribution in [-0.4, -0.2) is 6.26 Å². The van der Waals surface area contributed by atoms with Crippen LogP contribution in [0.15, 0.2) is 21.3 Å². The predicted octanol–water partition coefficient (Wildman–Crippen LogP) is 3.60. The van der Waals surface area contributed by atoms with E-state index in [2.05, 4.69) is 15.9 Å². The molecule has 0 aliphatic heterocycles. The Kier molecular flexibility index (Phi) is 2.98. The standard InChI is InChI=1S/C7H8BrFS/c1-10-6-4-2-3-5(8)7(6)9/h4H,2-3H2,1H3. The summed E-state index contributed by atoms with van der Waals surface area (Å²) in [4.78, 5) is 0.762. The van der Waals surface area contributed by atoms with Crippen molar-refractivity contribution in [1.82, 2.24) is 0 Å². The highest BCUT2D eigenvalue weighted by Gasteiger charge is 2.12. The molecule has 1 aliphatic rings. The van der Waals surface area contributed by atoms with E-state index in [1.165, 1.54) is 11.8 Å². The molecule has 0 radical (unpaired) electrons. The van der Waals surface area contributed by atoms with Gasteiger partial charge in [0.05, 0.1) is 0 Å². The highest BCUT2D eigenvalue weighted by Crippen LogP contribution is 2.34. The first-order chi connectivity index (χ1) is 4.75. The monoisotopic (exact) mass is 222 g/mol. The molecule has 0 aromatic carbocycles. The molecule has 0 atom stereocenters. The van der Waals surface area contributed by atoms with Gasteiger partial charge in [0.25, 0.3) is 0 Å². The summed E-state index contributed by atoms with van der Waals surface area (Å²) < 4.78 is 13.7. The van der Waals surface area contributed by atoms with Crippen LogP contribution in [0.25, 0.3) is 0 Å². The third kappa shape index (κ3) is 1.64. The number of hydrogen-bond donors (Lipinski definition) is 0. The van der Waals surface area contributed by atoms with Crippen LogP contribution in [0.5, 0.6) is 0 Å². The molecular weight excluding hydrogens is 215 g/mol. The fraction of sp³-hybridized carbons (Fsp3) is 0.429. The zero-order chi connectivity index (χ0) is 7.56. The second-order valence-electron chi connectivity index (χ2n) is 2.03. The second-order valence-corrected chi connectivity index (χ2v) is 3.84. The second kappa shape index (κ2) is 3.58. The summed E-state index contributed by atoms with van der Waals surface area (Å²) >= 11 is 4.64. The Morgan fingerprint density at radius 1 is 1.70 bits per heavy atom. The van der Waals surface area contributed by atoms with Gasteiger partial charge in [0.15, 0.2) is 0 Å². The van der Waals surface area contributed by atoms with Gasteiger partial charge < -0.3 is 0 Å². The van der Waals surface area contributed by atoms with Crippen LogP contribution in [0, 0.1) is 0 Å². The third-order valence-electron chi connectivity index (χ3n) is 1.37. The number of thioether (sulfide) groups is 1. The zero-order valence-electron chi connectivity index (χ0n) is 5.66. The maximum Gasteiger partial charge on any atom is 0.146 e. The largest absolute Gasteiger partial charge is 0.205 e. The molecule has 1 aliphatic carbocycles. The molecule has 1 rings (SSSR count). The van der Waals surface area contributed by atoms with Crippen molar-refractivity contribution in [2.75, 3.05) is 6.26 Å². The molecule has 0 fully saturated rings. The van der Waals surface area contributed by atoms with E-state index in [4.69, 9.17) is 0 Å². The van der Waals surface area contributed by atoms with Crippen LogP contribution >= 0.6 is 27.7 Å². The van der Waals surface area contributed by atoms with Gasteiger partial charge in [0.2, 0.25) is 0 Å². The lowest BCUT2D eigenvalue weighted by Gasteiger charge is -2.09. The normalized spacial score (nSPS) is 19.3. The summed E-state index contributed by atoms with van der Waals surface area (Å²) in [5.74, 6) is -0.0845.